The van der Waals surface area contributed by atoms with Gasteiger partial charge in [0.25, 0.3) is 0 Å². The van der Waals surface area contributed by atoms with Gasteiger partial charge in [-0.25, -0.2) is 0 Å². The Morgan fingerprint density at radius 2 is 1.72 bits per heavy atom. The molecule has 2 aromatic rings. The van der Waals surface area contributed by atoms with E-state index in [2.05, 4.69) is 40.5 Å². The number of methoxy groups -OCH3 is 3. The number of para-hydroxylation sites is 1. The Hall–Kier alpha value is -2.40. The van der Waals surface area contributed by atoms with E-state index in [1.165, 1.54) is 5.69 Å². The minimum atomic E-state index is 0.456. The zero-order valence-corrected chi connectivity index (χ0v) is 15.1. The monoisotopic (exact) mass is 342 g/mol. The van der Waals surface area contributed by atoms with Crippen LogP contribution >= 0.6 is 0 Å². The zero-order chi connectivity index (χ0) is 17.6. The van der Waals surface area contributed by atoms with E-state index in [9.17, 15) is 0 Å². The number of ether oxygens (including phenoxy) is 3. The predicted molar refractivity (Wildman–Crippen MR) is 100.0 cm³/mol. The second kappa shape index (κ2) is 8.12. The number of hydrogen-bond acceptors (Lipinski definition) is 5. The van der Waals surface area contributed by atoms with E-state index >= 15 is 0 Å². The van der Waals surface area contributed by atoms with Crippen LogP contribution in [0.4, 0.5) is 5.69 Å². The van der Waals surface area contributed by atoms with Crippen molar-refractivity contribution in [3.05, 3.63) is 48.0 Å². The van der Waals surface area contributed by atoms with E-state index in [1.54, 1.807) is 21.3 Å². The molecule has 1 fully saturated rings. The Kier molecular flexibility index (Phi) is 5.66. The van der Waals surface area contributed by atoms with Gasteiger partial charge in [0, 0.05) is 36.9 Å². The van der Waals surface area contributed by atoms with E-state index in [1.807, 2.05) is 12.1 Å². The zero-order valence-electron chi connectivity index (χ0n) is 15.1. The van der Waals surface area contributed by atoms with Gasteiger partial charge in [-0.2, -0.15) is 0 Å². The predicted octanol–water partition coefficient (Wildman–Crippen LogP) is 3.08. The van der Waals surface area contributed by atoms with Gasteiger partial charge >= 0.3 is 0 Å². The van der Waals surface area contributed by atoms with Crippen LogP contribution in [0.25, 0.3) is 0 Å². The summed E-state index contributed by atoms with van der Waals surface area (Å²) in [7, 11) is 4.92. The van der Waals surface area contributed by atoms with E-state index < -0.39 is 0 Å². The van der Waals surface area contributed by atoms with Gasteiger partial charge in [0.15, 0.2) is 11.5 Å². The van der Waals surface area contributed by atoms with Crippen molar-refractivity contribution < 1.29 is 14.2 Å². The molecule has 2 aromatic carbocycles. The smallest absolute Gasteiger partial charge is 0.203 e. The highest BCUT2D eigenvalue weighted by atomic mass is 16.5. The Morgan fingerprint density at radius 1 is 0.960 bits per heavy atom. The van der Waals surface area contributed by atoms with Gasteiger partial charge in [-0.05, 0) is 24.6 Å². The van der Waals surface area contributed by atoms with Crippen molar-refractivity contribution in [2.45, 2.75) is 19.0 Å². The maximum atomic E-state index is 5.56. The quantitative estimate of drug-likeness (QED) is 0.838. The van der Waals surface area contributed by atoms with Gasteiger partial charge in [-0.1, -0.05) is 24.3 Å². The molecule has 134 valence electrons. The van der Waals surface area contributed by atoms with Crippen molar-refractivity contribution in [3.8, 4) is 17.2 Å². The van der Waals surface area contributed by atoms with Gasteiger partial charge in [0.05, 0.1) is 21.3 Å². The highest BCUT2D eigenvalue weighted by molar-refractivity contribution is 5.55. The van der Waals surface area contributed by atoms with Crippen LogP contribution in [-0.2, 0) is 6.54 Å². The standard InChI is InChI=1S/C20H26N2O3/c1-23-18-10-9-15(19(24-2)20(18)25-3)13-21-16-11-12-22(14-16)17-7-5-4-6-8-17/h4-10,16,21H,11-14H2,1-3H3/t16-/m0/s1. The van der Waals surface area contributed by atoms with Gasteiger partial charge in [0.2, 0.25) is 5.75 Å². The average molecular weight is 342 g/mol. The number of hydrogen-bond donors (Lipinski definition) is 1. The second-order valence-corrected chi connectivity index (χ2v) is 6.14. The molecule has 0 amide bonds. The van der Waals surface area contributed by atoms with Crippen LogP contribution in [-0.4, -0.2) is 40.5 Å². The summed E-state index contributed by atoms with van der Waals surface area (Å²) in [6.07, 6.45) is 1.13. The van der Waals surface area contributed by atoms with Crippen LogP contribution in [0.5, 0.6) is 17.2 Å². The van der Waals surface area contributed by atoms with Crippen LogP contribution < -0.4 is 24.4 Å². The van der Waals surface area contributed by atoms with Crippen molar-refractivity contribution in [1.82, 2.24) is 5.32 Å². The van der Waals surface area contributed by atoms with Crippen molar-refractivity contribution in [3.63, 3.8) is 0 Å². The fourth-order valence-corrected chi connectivity index (χ4v) is 3.36. The van der Waals surface area contributed by atoms with Gasteiger partial charge < -0.3 is 24.4 Å². The first-order valence-electron chi connectivity index (χ1n) is 8.58. The SMILES string of the molecule is COc1ccc(CN[C@H]2CCN(c3ccccc3)C2)c(OC)c1OC. The Bertz CT molecular complexity index is 691. The van der Waals surface area contributed by atoms with Crippen LogP contribution in [0.3, 0.4) is 0 Å². The minimum absolute atomic E-state index is 0.456. The molecule has 0 saturated carbocycles. The first-order valence-corrected chi connectivity index (χ1v) is 8.58. The van der Waals surface area contributed by atoms with Crippen LogP contribution in [0.2, 0.25) is 0 Å². The fraction of sp³-hybridized carbons (Fsp3) is 0.400. The molecule has 25 heavy (non-hydrogen) atoms. The first kappa shape index (κ1) is 17.4. The Balaban J connectivity index is 1.64. The second-order valence-electron chi connectivity index (χ2n) is 6.14. The van der Waals surface area contributed by atoms with E-state index in [0.717, 1.165) is 37.4 Å². The van der Waals surface area contributed by atoms with Crippen LogP contribution in [0.1, 0.15) is 12.0 Å². The largest absolute Gasteiger partial charge is 0.493 e. The summed E-state index contributed by atoms with van der Waals surface area (Å²) in [5.74, 6) is 2.05. The van der Waals surface area contributed by atoms with Crippen LogP contribution in [0, 0.1) is 0 Å². The molecule has 3 rings (SSSR count). The third-order valence-electron chi connectivity index (χ3n) is 4.68. The molecule has 1 heterocycles. The van der Waals surface area contributed by atoms with Gasteiger partial charge in [-0.15, -0.1) is 0 Å². The molecule has 1 saturated heterocycles. The lowest BCUT2D eigenvalue weighted by atomic mass is 10.1. The lowest BCUT2D eigenvalue weighted by Crippen LogP contribution is -2.32. The third-order valence-corrected chi connectivity index (χ3v) is 4.68. The topological polar surface area (TPSA) is 43.0 Å². The van der Waals surface area contributed by atoms with Crippen molar-refractivity contribution in [1.29, 1.82) is 0 Å². The lowest BCUT2D eigenvalue weighted by molar-refractivity contribution is 0.321. The number of anilines is 1. The molecule has 5 nitrogen and oxygen atoms in total. The number of nitrogens with one attached hydrogen (secondary N) is 1. The number of nitrogens with zero attached hydrogens (tertiary/aromatic N) is 1. The summed E-state index contributed by atoms with van der Waals surface area (Å²) in [4.78, 5) is 2.42. The minimum Gasteiger partial charge on any atom is -0.493 e. The molecule has 0 aliphatic carbocycles. The molecule has 0 bridgehead atoms. The van der Waals surface area contributed by atoms with Crippen molar-refractivity contribution >= 4 is 5.69 Å². The molecule has 0 spiro atoms. The Labute approximate surface area is 149 Å². The average Bonchev–Trinajstić information content (AvgIpc) is 3.15. The summed E-state index contributed by atoms with van der Waals surface area (Å²) in [5, 5.41) is 3.64. The number of benzene rings is 2. The molecule has 0 aromatic heterocycles. The van der Waals surface area contributed by atoms with Gasteiger partial charge in [-0.3, -0.25) is 0 Å². The van der Waals surface area contributed by atoms with E-state index in [4.69, 9.17) is 14.2 Å². The third kappa shape index (κ3) is 3.82. The van der Waals surface area contributed by atoms with Gasteiger partial charge in [0.1, 0.15) is 0 Å². The Morgan fingerprint density at radius 3 is 2.40 bits per heavy atom. The van der Waals surface area contributed by atoms with Crippen LogP contribution in [0.15, 0.2) is 42.5 Å². The first-order chi connectivity index (χ1) is 12.3. The normalized spacial score (nSPS) is 16.8. The molecule has 1 aliphatic heterocycles. The summed E-state index contributed by atoms with van der Waals surface area (Å²) in [5.41, 5.74) is 2.36. The molecule has 5 heteroatoms. The molecule has 1 aliphatic rings. The summed E-state index contributed by atoms with van der Waals surface area (Å²) >= 11 is 0. The molecule has 0 radical (unpaired) electrons. The molecular formula is C20H26N2O3. The maximum Gasteiger partial charge on any atom is 0.203 e. The molecule has 1 atom stereocenters. The highest BCUT2D eigenvalue weighted by Gasteiger charge is 2.23. The highest BCUT2D eigenvalue weighted by Crippen LogP contribution is 2.39. The summed E-state index contributed by atoms with van der Waals surface area (Å²) in [6.45, 7) is 2.82. The molecule has 0 unspecified atom stereocenters. The number of rotatable bonds is 7. The molecule has 1 N–H and O–H groups in total. The summed E-state index contributed by atoms with van der Waals surface area (Å²) < 4.78 is 16.4. The van der Waals surface area contributed by atoms with E-state index in [0.29, 0.717) is 17.5 Å². The van der Waals surface area contributed by atoms with Crippen molar-refractivity contribution in [2.75, 3.05) is 39.3 Å². The maximum absolute atomic E-state index is 5.56. The fourth-order valence-electron chi connectivity index (χ4n) is 3.36. The van der Waals surface area contributed by atoms with Crippen molar-refractivity contribution in [2.24, 2.45) is 0 Å². The lowest BCUT2D eigenvalue weighted by Gasteiger charge is -2.20. The molecular weight excluding hydrogens is 316 g/mol. The summed E-state index contributed by atoms with van der Waals surface area (Å²) in [6, 6.07) is 15.0. The van der Waals surface area contributed by atoms with E-state index in [-0.39, 0.29) is 0 Å².